The van der Waals surface area contributed by atoms with Crippen molar-refractivity contribution in [3.63, 3.8) is 0 Å². The maximum Gasteiger partial charge on any atom is 0.262 e. The number of thioether (sulfide) groups is 1. The number of aromatic nitrogens is 4. The van der Waals surface area contributed by atoms with E-state index in [0.29, 0.717) is 29.4 Å². The summed E-state index contributed by atoms with van der Waals surface area (Å²) in [6, 6.07) is 7.52. The number of hydrogen-bond donors (Lipinski definition) is 0. The Hall–Kier alpha value is -2.15. The van der Waals surface area contributed by atoms with Crippen LogP contribution in [0.3, 0.4) is 0 Å². The number of hydrogen-bond acceptors (Lipinski definition) is 6. The van der Waals surface area contributed by atoms with Crippen LogP contribution in [-0.4, -0.2) is 19.7 Å². The van der Waals surface area contributed by atoms with Gasteiger partial charge in [0.25, 0.3) is 5.56 Å². The summed E-state index contributed by atoms with van der Waals surface area (Å²) in [7, 11) is 0. The Kier molecular flexibility index (Phi) is 7.04. The predicted octanol–water partition coefficient (Wildman–Crippen LogP) is 4.60. The normalized spacial score (nSPS) is 11.3. The maximum absolute atomic E-state index is 13.0. The van der Waals surface area contributed by atoms with Crippen molar-refractivity contribution in [1.29, 1.82) is 0 Å². The lowest BCUT2D eigenvalue weighted by Gasteiger charge is -2.12. The Morgan fingerprint density at radius 1 is 1.07 bits per heavy atom. The van der Waals surface area contributed by atoms with E-state index in [1.54, 1.807) is 4.57 Å². The van der Waals surface area contributed by atoms with Gasteiger partial charge in [0.2, 0.25) is 5.89 Å². The molecule has 0 unspecified atom stereocenters. The summed E-state index contributed by atoms with van der Waals surface area (Å²) >= 11 is 1.49. The molecule has 1 aromatic carbocycles. The van der Waals surface area contributed by atoms with Crippen LogP contribution in [-0.2, 0) is 18.7 Å². The quantitative estimate of drug-likeness (QED) is 0.288. The molecule has 6 nitrogen and oxygen atoms in total. The van der Waals surface area contributed by atoms with E-state index >= 15 is 0 Å². The lowest BCUT2D eigenvalue weighted by Crippen LogP contribution is -2.23. The van der Waals surface area contributed by atoms with Gasteiger partial charge in [-0.15, -0.1) is 0 Å². The summed E-state index contributed by atoms with van der Waals surface area (Å²) in [5.41, 5.74) is 0.758. The Morgan fingerprint density at radius 3 is 2.74 bits per heavy atom. The van der Waals surface area contributed by atoms with Crippen molar-refractivity contribution >= 4 is 22.7 Å². The Morgan fingerprint density at radius 2 is 1.93 bits per heavy atom. The number of unbranched alkanes of at least 4 members (excludes halogenated alkanes) is 3. The third-order valence-corrected chi connectivity index (χ3v) is 5.34. The van der Waals surface area contributed by atoms with Crippen molar-refractivity contribution in [3.05, 3.63) is 46.3 Å². The molecule has 0 atom stereocenters. The SMILES string of the molecule is CCCCCCn1c(SCc2noc(CCC)n2)nc2ccccc2c1=O. The average Bonchev–Trinajstić information content (AvgIpc) is 3.13. The number of rotatable bonds is 10. The van der Waals surface area contributed by atoms with Crippen molar-refractivity contribution in [2.24, 2.45) is 0 Å². The van der Waals surface area contributed by atoms with E-state index in [-0.39, 0.29) is 5.56 Å². The Labute approximate surface area is 163 Å². The van der Waals surface area contributed by atoms with Crippen molar-refractivity contribution in [1.82, 2.24) is 19.7 Å². The molecule has 7 heteroatoms. The molecule has 0 saturated heterocycles. The molecule has 0 amide bonds. The lowest BCUT2D eigenvalue weighted by atomic mass is 10.2. The number of aryl methyl sites for hydroxylation is 1. The molecule has 3 rings (SSSR count). The minimum Gasteiger partial charge on any atom is -0.339 e. The van der Waals surface area contributed by atoms with Gasteiger partial charge in [0, 0.05) is 13.0 Å². The van der Waals surface area contributed by atoms with Gasteiger partial charge in [0.15, 0.2) is 11.0 Å². The van der Waals surface area contributed by atoms with E-state index in [1.165, 1.54) is 24.6 Å². The summed E-state index contributed by atoms with van der Waals surface area (Å²) in [6.07, 6.45) is 6.20. The molecule has 0 bridgehead atoms. The second-order valence-corrected chi connectivity index (χ2v) is 7.51. The van der Waals surface area contributed by atoms with Crippen LogP contribution >= 0.6 is 11.8 Å². The highest BCUT2D eigenvalue weighted by Crippen LogP contribution is 2.22. The van der Waals surface area contributed by atoms with Crippen molar-refractivity contribution < 1.29 is 4.52 Å². The third-order valence-electron chi connectivity index (χ3n) is 4.37. The van der Waals surface area contributed by atoms with E-state index in [9.17, 15) is 4.79 Å². The number of benzene rings is 1. The number of nitrogens with zero attached hydrogens (tertiary/aromatic N) is 4. The minimum atomic E-state index is 0.0272. The molecular weight excluding hydrogens is 360 g/mol. The van der Waals surface area contributed by atoms with Gasteiger partial charge >= 0.3 is 0 Å². The smallest absolute Gasteiger partial charge is 0.262 e. The van der Waals surface area contributed by atoms with Gasteiger partial charge in [-0.2, -0.15) is 4.98 Å². The first kappa shape index (κ1) is 19.6. The van der Waals surface area contributed by atoms with Crippen LogP contribution in [0.1, 0.15) is 57.7 Å². The predicted molar refractivity (Wildman–Crippen MR) is 108 cm³/mol. The molecule has 0 spiro atoms. The Balaban J connectivity index is 1.83. The molecule has 2 aromatic heterocycles. The molecule has 0 saturated carbocycles. The molecule has 0 aliphatic heterocycles. The van der Waals surface area contributed by atoms with Crippen LogP contribution in [0.2, 0.25) is 0 Å². The topological polar surface area (TPSA) is 73.8 Å². The zero-order chi connectivity index (χ0) is 19.1. The number of para-hydroxylation sites is 1. The van der Waals surface area contributed by atoms with Crippen LogP contribution in [0.15, 0.2) is 38.7 Å². The van der Waals surface area contributed by atoms with Crippen molar-refractivity contribution in [3.8, 4) is 0 Å². The summed E-state index contributed by atoms with van der Waals surface area (Å²) in [4.78, 5) is 22.1. The zero-order valence-corrected chi connectivity index (χ0v) is 16.8. The summed E-state index contributed by atoms with van der Waals surface area (Å²) in [5, 5.41) is 5.42. The molecule has 0 fully saturated rings. The minimum absolute atomic E-state index is 0.0272. The molecule has 0 aliphatic rings. The molecule has 3 aromatic rings. The van der Waals surface area contributed by atoms with E-state index in [4.69, 9.17) is 9.51 Å². The van der Waals surface area contributed by atoms with Gasteiger partial charge in [0.05, 0.1) is 16.7 Å². The maximum atomic E-state index is 13.0. The van der Waals surface area contributed by atoms with Gasteiger partial charge in [-0.05, 0) is 25.0 Å². The highest BCUT2D eigenvalue weighted by molar-refractivity contribution is 7.98. The van der Waals surface area contributed by atoms with Gasteiger partial charge in [0.1, 0.15) is 0 Å². The number of fused-ring (bicyclic) bond motifs is 1. The first-order valence-corrected chi connectivity index (χ1v) is 10.6. The molecule has 0 aliphatic carbocycles. The molecule has 0 radical (unpaired) electrons. The second-order valence-electron chi connectivity index (χ2n) is 6.57. The van der Waals surface area contributed by atoms with E-state index in [2.05, 4.69) is 24.0 Å². The Bertz CT molecular complexity index is 935. The molecule has 0 N–H and O–H groups in total. The lowest BCUT2D eigenvalue weighted by molar-refractivity contribution is 0.373. The van der Waals surface area contributed by atoms with E-state index in [0.717, 1.165) is 36.4 Å². The van der Waals surface area contributed by atoms with Gasteiger partial charge in [-0.1, -0.05) is 62.2 Å². The molecule has 2 heterocycles. The van der Waals surface area contributed by atoms with Crippen LogP contribution in [0.4, 0.5) is 0 Å². The van der Waals surface area contributed by atoms with Gasteiger partial charge < -0.3 is 4.52 Å². The summed E-state index contributed by atoms with van der Waals surface area (Å²) in [6.45, 7) is 4.95. The van der Waals surface area contributed by atoms with Crippen LogP contribution in [0, 0.1) is 0 Å². The summed E-state index contributed by atoms with van der Waals surface area (Å²) in [5.74, 6) is 1.84. The first-order valence-electron chi connectivity index (χ1n) is 9.66. The van der Waals surface area contributed by atoms with Crippen LogP contribution < -0.4 is 5.56 Å². The monoisotopic (exact) mass is 386 g/mol. The first-order chi connectivity index (χ1) is 13.2. The van der Waals surface area contributed by atoms with Gasteiger partial charge in [-0.25, -0.2) is 4.98 Å². The van der Waals surface area contributed by atoms with Crippen molar-refractivity contribution in [2.75, 3.05) is 0 Å². The third kappa shape index (κ3) is 4.97. The fourth-order valence-corrected chi connectivity index (χ4v) is 3.81. The molecule has 144 valence electrons. The van der Waals surface area contributed by atoms with E-state index in [1.807, 2.05) is 24.3 Å². The highest BCUT2D eigenvalue weighted by atomic mass is 32.2. The van der Waals surface area contributed by atoms with Gasteiger partial charge in [-0.3, -0.25) is 9.36 Å². The fraction of sp³-hybridized carbons (Fsp3) is 0.500. The van der Waals surface area contributed by atoms with Crippen LogP contribution in [0.5, 0.6) is 0 Å². The highest BCUT2D eigenvalue weighted by Gasteiger charge is 2.13. The zero-order valence-electron chi connectivity index (χ0n) is 16.0. The largest absolute Gasteiger partial charge is 0.339 e. The summed E-state index contributed by atoms with van der Waals surface area (Å²) < 4.78 is 7.05. The molecule has 27 heavy (non-hydrogen) atoms. The second kappa shape index (κ2) is 9.69. The average molecular weight is 387 g/mol. The standard InChI is InChI=1S/C20H26N4O2S/c1-3-5-6-9-13-24-19(25)15-11-7-8-12-16(15)21-20(24)27-14-17-22-18(10-4-2)26-23-17/h7-8,11-12H,3-6,9-10,13-14H2,1-2H3. The van der Waals surface area contributed by atoms with Crippen molar-refractivity contribution in [2.45, 2.75) is 69.8 Å². The van der Waals surface area contributed by atoms with E-state index < -0.39 is 0 Å². The van der Waals surface area contributed by atoms with Crippen LogP contribution in [0.25, 0.3) is 10.9 Å². The molecular formula is C20H26N4O2S. The fourth-order valence-electron chi connectivity index (χ4n) is 2.95.